The van der Waals surface area contributed by atoms with E-state index in [1.165, 1.54) is 6.92 Å². The number of amides is 3. The van der Waals surface area contributed by atoms with E-state index >= 15 is 0 Å². The van der Waals surface area contributed by atoms with E-state index in [2.05, 4.69) is 39.8 Å². The van der Waals surface area contributed by atoms with Gasteiger partial charge in [0.25, 0.3) is 5.56 Å². The van der Waals surface area contributed by atoms with E-state index < -0.39 is 17.4 Å². The molecular formula is C23H28N6O4. The molecular weight excluding hydrogens is 424 g/mol. The van der Waals surface area contributed by atoms with Gasteiger partial charge >= 0.3 is 0 Å². The van der Waals surface area contributed by atoms with Crippen molar-refractivity contribution in [2.45, 2.75) is 39.5 Å². The second kappa shape index (κ2) is 9.05. The third kappa shape index (κ3) is 5.05. The molecule has 2 aliphatic rings. The van der Waals surface area contributed by atoms with Crippen molar-refractivity contribution in [2.75, 3.05) is 33.9 Å². The van der Waals surface area contributed by atoms with Crippen LogP contribution in [0.1, 0.15) is 45.1 Å². The highest BCUT2D eigenvalue weighted by atomic mass is 16.2. The van der Waals surface area contributed by atoms with Crippen molar-refractivity contribution in [3.8, 4) is 0 Å². The van der Waals surface area contributed by atoms with Crippen LogP contribution in [0.2, 0.25) is 0 Å². The molecule has 1 saturated heterocycles. The summed E-state index contributed by atoms with van der Waals surface area (Å²) in [6.07, 6.45) is 0.959. The number of nitrogens with one attached hydrogen (secondary N) is 4. The van der Waals surface area contributed by atoms with Crippen LogP contribution >= 0.6 is 0 Å². The first kappa shape index (κ1) is 22.5. The highest BCUT2D eigenvalue weighted by Crippen LogP contribution is 2.31. The summed E-state index contributed by atoms with van der Waals surface area (Å²) in [5.74, 6) is -0.541. The molecule has 1 fully saturated rings. The van der Waals surface area contributed by atoms with Gasteiger partial charge in [0.1, 0.15) is 5.82 Å². The number of benzene rings is 1. The first-order valence-corrected chi connectivity index (χ1v) is 11.1. The second-order valence-corrected chi connectivity index (χ2v) is 9.06. The molecule has 3 unspecified atom stereocenters. The van der Waals surface area contributed by atoms with Crippen molar-refractivity contribution in [3.05, 3.63) is 40.2 Å². The Kier molecular flexibility index (Phi) is 6.17. The van der Waals surface area contributed by atoms with E-state index in [0.29, 0.717) is 29.2 Å². The third-order valence-electron chi connectivity index (χ3n) is 5.90. The molecule has 1 aromatic carbocycles. The van der Waals surface area contributed by atoms with Crippen LogP contribution in [0.5, 0.6) is 0 Å². The number of piperidine rings is 1. The fraction of sp³-hybridized carbons (Fsp3) is 0.435. The summed E-state index contributed by atoms with van der Waals surface area (Å²) < 4.78 is 0. The Balaban J connectivity index is 1.57. The van der Waals surface area contributed by atoms with Crippen LogP contribution in [0.4, 0.5) is 23.1 Å². The predicted octanol–water partition coefficient (Wildman–Crippen LogP) is 2.28. The van der Waals surface area contributed by atoms with Crippen LogP contribution in [-0.2, 0) is 14.4 Å². The Morgan fingerprint density at radius 1 is 1.03 bits per heavy atom. The number of carbonyl (C=O) groups is 3. The summed E-state index contributed by atoms with van der Waals surface area (Å²) in [4.78, 5) is 58.9. The maximum absolute atomic E-state index is 13.0. The van der Waals surface area contributed by atoms with Gasteiger partial charge in [0.15, 0.2) is 0 Å². The van der Waals surface area contributed by atoms with Crippen LogP contribution < -0.4 is 26.4 Å². The number of H-pyrrole nitrogens is 1. The molecule has 2 aliphatic heterocycles. The first-order valence-electron chi connectivity index (χ1n) is 11.1. The monoisotopic (exact) mass is 452 g/mol. The van der Waals surface area contributed by atoms with Crippen molar-refractivity contribution < 1.29 is 14.4 Å². The fourth-order valence-corrected chi connectivity index (χ4v) is 4.64. The van der Waals surface area contributed by atoms with Gasteiger partial charge in [-0.05, 0) is 42.5 Å². The van der Waals surface area contributed by atoms with Crippen LogP contribution in [-0.4, -0.2) is 40.8 Å². The molecule has 174 valence electrons. The first-order chi connectivity index (χ1) is 15.7. The summed E-state index contributed by atoms with van der Waals surface area (Å²) >= 11 is 0. The zero-order valence-corrected chi connectivity index (χ0v) is 18.9. The standard InChI is InChI=1S/C23H28N6O4/c1-12-8-13(2)11-29(10-12)23-27-20-19(22(33)28-23)17(9-18(31)26-20)21(32)25-16-6-4-15(5-7-16)24-14(3)30/h4-7,12-13,17H,8-11H2,1-3H3,(H,24,30)(H,25,32)(H2,26,27,28,31,33). The number of fused-ring (bicyclic) bond motifs is 1. The molecule has 3 heterocycles. The Hall–Kier alpha value is -3.69. The molecule has 1 aromatic heterocycles. The van der Waals surface area contributed by atoms with Gasteiger partial charge in [0.05, 0.1) is 11.5 Å². The summed E-state index contributed by atoms with van der Waals surface area (Å²) in [5, 5.41) is 8.06. The van der Waals surface area contributed by atoms with Crippen molar-refractivity contribution in [1.29, 1.82) is 0 Å². The van der Waals surface area contributed by atoms with E-state index in [1.54, 1.807) is 24.3 Å². The molecule has 0 radical (unpaired) electrons. The van der Waals surface area contributed by atoms with Gasteiger partial charge in [0, 0.05) is 37.8 Å². The predicted molar refractivity (Wildman–Crippen MR) is 125 cm³/mol. The summed E-state index contributed by atoms with van der Waals surface area (Å²) in [7, 11) is 0. The van der Waals surface area contributed by atoms with Crippen molar-refractivity contribution in [1.82, 2.24) is 9.97 Å². The van der Waals surface area contributed by atoms with Gasteiger partial charge < -0.3 is 20.9 Å². The summed E-state index contributed by atoms with van der Waals surface area (Å²) in [6, 6.07) is 6.58. The maximum Gasteiger partial charge on any atom is 0.258 e. The minimum atomic E-state index is -0.965. The van der Waals surface area contributed by atoms with E-state index in [1.807, 2.05) is 4.90 Å². The minimum Gasteiger partial charge on any atom is -0.342 e. The molecule has 0 bridgehead atoms. The molecule has 10 nitrogen and oxygen atoms in total. The molecule has 10 heteroatoms. The molecule has 3 amide bonds. The molecule has 0 saturated carbocycles. The number of hydrogen-bond acceptors (Lipinski definition) is 6. The molecule has 33 heavy (non-hydrogen) atoms. The van der Waals surface area contributed by atoms with Gasteiger partial charge in [-0.25, -0.2) is 0 Å². The van der Waals surface area contributed by atoms with E-state index in [0.717, 1.165) is 19.5 Å². The maximum atomic E-state index is 13.0. The number of hydrogen-bond donors (Lipinski definition) is 4. The van der Waals surface area contributed by atoms with E-state index in [4.69, 9.17) is 0 Å². The van der Waals surface area contributed by atoms with Crippen molar-refractivity contribution in [3.63, 3.8) is 0 Å². The van der Waals surface area contributed by atoms with Gasteiger partial charge in [-0.1, -0.05) is 13.8 Å². The topological polar surface area (TPSA) is 136 Å². The number of aromatic amines is 1. The fourth-order valence-electron chi connectivity index (χ4n) is 4.64. The molecule has 4 N–H and O–H groups in total. The van der Waals surface area contributed by atoms with Crippen LogP contribution in [0.3, 0.4) is 0 Å². The van der Waals surface area contributed by atoms with Crippen LogP contribution in [0, 0.1) is 11.8 Å². The Bertz CT molecular complexity index is 1130. The number of carbonyl (C=O) groups excluding carboxylic acids is 3. The largest absolute Gasteiger partial charge is 0.342 e. The van der Waals surface area contributed by atoms with E-state index in [9.17, 15) is 19.2 Å². The normalized spacial score (nSPS) is 22.2. The van der Waals surface area contributed by atoms with Crippen LogP contribution in [0.25, 0.3) is 0 Å². The lowest BCUT2D eigenvalue weighted by Crippen LogP contribution is -2.42. The quantitative estimate of drug-likeness (QED) is 0.562. The molecule has 4 rings (SSSR count). The number of nitrogens with zero attached hydrogens (tertiary/aromatic N) is 2. The second-order valence-electron chi connectivity index (χ2n) is 9.06. The lowest BCUT2D eigenvalue weighted by Gasteiger charge is -2.35. The van der Waals surface area contributed by atoms with Gasteiger partial charge in [-0.15, -0.1) is 0 Å². The Morgan fingerprint density at radius 2 is 1.64 bits per heavy atom. The van der Waals surface area contributed by atoms with Crippen molar-refractivity contribution >= 4 is 40.9 Å². The highest BCUT2D eigenvalue weighted by Gasteiger charge is 2.35. The average molecular weight is 453 g/mol. The third-order valence-corrected chi connectivity index (χ3v) is 5.90. The van der Waals surface area contributed by atoms with Crippen LogP contribution in [0.15, 0.2) is 29.1 Å². The zero-order valence-electron chi connectivity index (χ0n) is 18.9. The van der Waals surface area contributed by atoms with Gasteiger partial charge in [-0.2, -0.15) is 4.98 Å². The molecule has 3 atom stereocenters. The lowest BCUT2D eigenvalue weighted by atomic mass is 9.91. The molecule has 0 aliphatic carbocycles. The van der Waals surface area contributed by atoms with Gasteiger partial charge in [0.2, 0.25) is 23.7 Å². The SMILES string of the molecule is CC(=O)Nc1ccc(NC(=O)C2CC(=O)Nc3nc(N4CC(C)CC(C)C4)[nH]c(=O)c32)cc1. The van der Waals surface area contributed by atoms with Crippen molar-refractivity contribution in [2.24, 2.45) is 11.8 Å². The average Bonchev–Trinajstić information content (AvgIpc) is 2.73. The highest BCUT2D eigenvalue weighted by molar-refractivity contribution is 6.04. The summed E-state index contributed by atoms with van der Waals surface area (Å²) in [6.45, 7) is 7.25. The molecule has 0 spiro atoms. The van der Waals surface area contributed by atoms with E-state index in [-0.39, 0.29) is 29.6 Å². The number of anilines is 4. The number of rotatable bonds is 4. The smallest absolute Gasteiger partial charge is 0.258 e. The summed E-state index contributed by atoms with van der Waals surface area (Å²) in [5.41, 5.74) is 0.808. The number of aromatic nitrogens is 2. The zero-order chi connectivity index (χ0) is 23.7. The molecule has 2 aromatic rings. The minimum absolute atomic E-state index is 0.136. The van der Waals surface area contributed by atoms with Gasteiger partial charge in [-0.3, -0.25) is 24.2 Å². The Labute approximate surface area is 191 Å². The Morgan fingerprint density at radius 3 is 2.24 bits per heavy atom. The lowest BCUT2D eigenvalue weighted by molar-refractivity contribution is -0.123.